The van der Waals surface area contributed by atoms with Gasteiger partial charge in [-0.1, -0.05) is 0 Å². The van der Waals surface area contributed by atoms with Gasteiger partial charge in [0.2, 0.25) is 5.91 Å². The summed E-state index contributed by atoms with van der Waals surface area (Å²) in [4.78, 5) is 51.8. The molecule has 1 aromatic carbocycles. The number of likely N-dealkylation sites (tertiary alicyclic amines) is 1. The molecule has 0 aliphatic carbocycles. The minimum Gasteiger partial charge on any atom is -0.338 e. The zero-order valence-corrected chi connectivity index (χ0v) is 12.1. The Morgan fingerprint density at radius 3 is 2.57 bits per heavy atom. The van der Waals surface area contributed by atoms with Gasteiger partial charge in [0.05, 0.1) is 16.0 Å². The van der Waals surface area contributed by atoms with Crippen molar-refractivity contribution in [3.05, 3.63) is 48.5 Å². The number of fused-ring (bicyclic) bond motifs is 1. The summed E-state index contributed by atoms with van der Waals surface area (Å²) in [6, 6.07) is 2.51. The normalized spacial score (nSPS) is 15.1. The average Bonchev–Trinajstić information content (AvgIpc) is 2.51. The van der Waals surface area contributed by atoms with Crippen LogP contribution in [0.5, 0.6) is 0 Å². The lowest BCUT2D eigenvalue weighted by Crippen LogP contribution is -2.35. The first-order valence-corrected chi connectivity index (χ1v) is 7.17. The molecule has 120 valence electrons. The van der Waals surface area contributed by atoms with Crippen molar-refractivity contribution in [1.82, 2.24) is 14.9 Å². The molecule has 1 saturated heterocycles. The van der Waals surface area contributed by atoms with Crippen molar-refractivity contribution < 1.29 is 9.72 Å². The lowest BCUT2D eigenvalue weighted by Gasteiger charge is -2.27. The van der Waals surface area contributed by atoms with E-state index in [1.54, 1.807) is 4.90 Å². The summed E-state index contributed by atoms with van der Waals surface area (Å²) in [5.74, 6) is -0.0253. The maximum Gasteiger partial charge on any atom is 0.314 e. The molecule has 2 N–H and O–H groups in total. The Bertz CT molecular complexity index is 914. The fourth-order valence-corrected chi connectivity index (χ4v) is 2.75. The first-order chi connectivity index (χ1) is 11.0. The molecule has 9 heteroatoms. The van der Waals surface area contributed by atoms with E-state index in [2.05, 4.69) is 9.97 Å². The summed E-state index contributed by atoms with van der Waals surface area (Å²) in [6.45, 7) is 0.718. The molecule has 23 heavy (non-hydrogen) atoms. The van der Waals surface area contributed by atoms with E-state index in [9.17, 15) is 24.5 Å². The van der Waals surface area contributed by atoms with E-state index in [0.717, 1.165) is 12.8 Å². The number of nitro groups is 1. The smallest absolute Gasteiger partial charge is 0.314 e. The standard InChI is InChI=1S/C14H14N4O5/c19-11-3-1-2-4-17(11)7-8-5-9(18(22)23)6-10-12(8)16-14(21)13(20)15-10/h5-6H,1-4,7H2,(H,15,20)(H,16,21). The predicted octanol–water partition coefficient (Wildman–Crippen LogP) is 0.637. The van der Waals surface area contributed by atoms with Crippen LogP contribution in [0, 0.1) is 10.1 Å². The molecule has 0 spiro atoms. The molecule has 2 aromatic rings. The molecular formula is C14H14N4O5. The van der Waals surface area contributed by atoms with Gasteiger partial charge >= 0.3 is 11.1 Å². The van der Waals surface area contributed by atoms with Crippen molar-refractivity contribution in [1.29, 1.82) is 0 Å². The second-order valence-electron chi connectivity index (χ2n) is 5.47. The monoisotopic (exact) mass is 318 g/mol. The topological polar surface area (TPSA) is 129 Å². The highest BCUT2D eigenvalue weighted by Gasteiger charge is 2.21. The number of non-ortho nitro benzene ring substituents is 1. The van der Waals surface area contributed by atoms with Crippen LogP contribution in [0.2, 0.25) is 0 Å². The molecule has 1 aliphatic heterocycles. The van der Waals surface area contributed by atoms with Crippen molar-refractivity contribution in [3.8, 4) is 0 Å². The number of hydrogen-bond acceptors (Lipinski definition) is 5. The van der Waals surface area contributed by atoms with Crippen LogP contribution in [0.25, 0.3) is 11.0 Å². The third kappa shape index (κ3) is 2.85. The Hall–Kier alpha value is -2.97. The van der Waals surface area contributed by atoms with Gasteiger partial charge in [0.25, 0.3) is 5.69 Å². The van der Waals surface area contributed by atoms with Gasteiger partial charge in [-0.2, -0.15) is 0 Å². The zero-order chi connectivity index (χ0) is 16.6. The van der Waals surface area contributed by atoms with E-state index in [1.807, 2.05) is 0 Å². The maximum absolute atomic E-state index is 11.9. The van der Waals surface area contributed by atoms with Gasteiger partial charge in [-0.15, -0.1) is 0 Å². The molecule has 0 bridgehead atoms. The van der Waals surface area contributed by atoms with Gasteiger partial charge < -0.3 is 14.9 Å². The zero-order valence-electron chi connectivity index (χ0n) is 12.1. The third-order valence-electron chi connectivity index (χ3n) is 3.89. The number of amides is 1. The van der Waals surface area contributed by atoms with E-state index >= 15 is 0 Å². The number of nitro benzene ring substituents is 1. The summed E-state index contributed by atoms with van der Waals surface area (Å²) in [5.41, 5.74) is -1.02. The molecule has 1 amide bonds. The Labute approximate surface area is 129 Å². The van der Waals surface area contributed by atoms with Crippen molar-refractivity contribution in [2.24, 2.45) is 0 Å². The van der Waals surface area contributed by atoms with E-state index in [0.29, 0.717) is 24.0 Å². The molecule has 0 unspecified atom stereocenters. The number of carbonyl (C=O) groups is 1. The van der Waals surface area contributed by atoms with Crippen molar-refractivity contribution in [2.75, 3.05) is 6.54 Å². The highest BCUT2D eigenvalue weighted by atomic mass is 16.6. The fourth-order valence-electron chi connectivity index (χ4n) is 2.75. The van der Waals surface area contributed by atoms with Gasteiger partial charge in [-0.3, -0.25) is 24.5 Å². The van der Waals surface area contributed by atoms with Crippen LogP contribution in [0.3, 0.4) is 0 Å². The van der Waals surface area contributed by atoms with Gasteiger partial charge in [-0.05, 0) is 12.8 Å². The number of rotatable bonds is 3. The number of hydrogen-bond donors (Lipinski definition) is 2. The predicted molar refractivity (Wildman–Crippen MR) is 81.1 cm³/mol. The van der Waals surface area contributed by atoms with E-state index < -0.39 is 16.0 Å². The largest absolute Gasteiger partial charge is 0.338 e. The highest BCUT2D eigenvalue weighted by molar-refractivity contribution is 5.82. The van der Waals surface area contributed by atoms with Gasteiger partial charge in [0, 0.05) is 37.2 Å². The first-order valence-electron chi connectivity index (χ1n) is 7.17. The lowest BCUT2D eigenvalue weighted by molar-refractivity contribution is -0.384. The SMILES string of the molecule is O=C1CCCCN1Cc1cc([N+](=O)[O-])cc2[nH]c(=O)c(=O)[nH]c12. The summed E-state index contributed by atoms with van der Waals surface area (Å²) < 4.78 is 0. The van der Waals surface area contributed by atoms with Crippen molar-refractivity contribution in [3.63, 3.8) is 0 Å². The summed E-state index contributed by atoms with van der Waals surface area (Å²) in [6.07, 6.45) is 2.14. The number of nitrogens with zero attached hydrogens (tertiary/aromatic N) is 2. The van der Waals surface area contributed by atoms with E-state index in [-0.39, 0.29) is 23.7 Å². The molecule has 0 radical (unpaired) electrons. The lowest BCUT2D eigenvalue weighted by atomic mass is 10.1. The van der Waals surface area contributed by atoms with Crippen LogP contribution >= 0.6 is 0 Å². The first kappa shape index (κ1) is 14.9. The minimum atomic E-state index is -0.877. The van der Waals surface area contributed by atoms with E-state index in [4.69, 9.17) is 0 Å². The molecular weight excluding hydrogens is 304 g/mol. The molecule has 0 saturated carbocycles. The molecule has 2 heterocycles. The van der Waals surface area contributed by atoms with Crippen LogP contribution in [-0.4, -0.2) is 32.2 Å². The number of piperidine rings is 1. The number of nitrogens with one attached hydrogen (secondary N) is 2. The summed E-state index contributed by atoms with van der Waals surface area (Å²) >= 11 is 0. The second kappa shape index (κ2) is 5.67. The molecule has 0 atom stereocenters. The third-order valence-corrected chi connectivity index (χ3v) is 3.89. The number of benzene rings is 1. The van der Waals surface area contributed by atoms with E-state index in [1.165, 1.54) is 12.1 Å². The van der Waals surface area contributed by atoms with Gasteiger partial charge in [0.1, 0.15) is 0 Å². The van der Waals surface area contributed by atoms with Crippen LogP contribution in [0.15, 0.2) is 21.7 Å². The fraction of sp³-hybridized carbons (Fsp3) is 0.357. The highest BCUT2D eigenvalue weighted by Crippen LogP contribution is 2.24. The van der Waals surface area contributed by atoms with Crippen LogP contribution < -0.4 is 11.1 Å². The quantitative estimate of drug-likeness (QED) is 0.487. The minimum absolute atomic E-state index is 0.0253. The summed E-state index contributed by atoms with van der Waals surface area (Å²) in [5, 5.41) is 11.1. The Morgan fingerprint density at radius 1 is 1.13 bits per heavy atom. The molecule has 3 rings (SSSR count). The molecule has 1 fully saturated rings. The molecule has 1 aliphatic rings. The second-order valence-corrected chi connectivity index (χ2v) is 5.47. The molecule has 9 nitrogen and oxygen atoms in total. The number of aromatic nitrogens is 2. The Kier molecular flexibility index (Phi) is 3.68. The van der Waals surface area contributed by atoms with Gasteiger partial charge in [-0.25, -0.2) is 0 Å². The van der Waals surface area contributed by atoms with Crippen molar-refractivity contribution >= 4 is 22.6 Å². The number of H-pyrrole nitrogens is 2. The molecule has 1 aromatic heterocycles. The van der Waals surface area contributed by atoms with Crippen LogP contribution in [0.1, 0.15) is 24.8 Å². The van der Waals surface area contributed by atoms with Crippen LogP contribution in [-0.2, 0) is 11.3 Å². The number of aromatic amines is 2. The Morgan fingerprint density at radius 2 is 1.87 bits per heavy atom. The maximum atomic E-state index is 11.9. The average molecular weight is 318 g/mol. The summed E-state index contributed by atoms with van der Waals surface area (Å²) in [7, 11) is 0. The van der Waals surface area contributed by atoms with Crippen LogP contribution in [0.4, 0.5) is 5.69 Å². The van der Waals surface area contributed by atoms with Crippen molar-refractivity contribution in [2.45, 2.75) is 25.8 Å². The number of carbonyl (C=O) groups excluding carboxylic acids is 1. The van der Waals surface area contributed by atoms with Gasteiger partial charge in [0.15, 0.2) is 0 Å². The Balaban J connectivity index is 2.14.